The van der Waals surface area contributed by atoms with Gasteiger partial charge in [-0.15, -0.1) is 11.8 Å². The lowest BCUT2D eigenvalue weighted by molar-refractivity contribution is 0.153. The van der Waals surface area contributed by atoms with E-state index in [0.717, 1.165) is 42.4 Å². The first-order chi connectivity index (χ1) is 11.7. The Morgan fingerprint density at radius 3 is 2.92 bits per heavy atom. The fourth-order valence-corrected chi connectivity index (χ4v) is 3.74. The van der Waals surface area contributed by atoms with Crippen LogP contribution < -0.4 is 10.1 Å². The molecule has 0 aliphatic carbocycles. The third-order valence-electron chi connectivity index (χ3n) is 4.42. The summed E-state index contributed by atoms with van der Waals surface area (Å²) < 4.78 is 19.1. The molecule has 3 nitrogen and oxygen atoms in total. The summed E-state index contributed by atoms with van der Waals surface area (Å²) in [7, 11) is 1.71. The van der Waals surface area contributed by atoms with Crippen molar-refractivity contribution in [1.29, 1.82) is 0 Å². The molecule has 1 unspecified atom stereocenters. The standard InChI is InChI=1S/C19H23FN2OS/c1-23-18-10-14(6-7-19(18)24-2)13-22-9-8-21-12-17(22)15-4-3-5-16(20)11-15/h3-7,10-11,17,21H,8-9,12-13H2,1-2H3. The van der Waals surface area contributed by atoms with E-state index in [0.29, 0.717) is 0 Å². The highest BCUT2D eigenvalue weighted by molar-refractivity contribution is 7.98. The van der Waals surface area contributed by atoms with Crippen LogP contribution >= 0.6 is 11.8 Å². The molecule has 2 aromatic carbocycles. The Morgan fingerprint density at radius 1 is 1.29 bits per heavy atom. The molecule has 0 spiro atoms. The van der Waals surface area contributed by atoms with Gasteiger partial charge >= 0.3 is 0 Å². The van der Waals surface area contributed by atoms with Crippen LogP contribution in [0.15, 0.2) is 47.4 Å². The second kappa shape index (κ2) is 8.01. The van der Waals surface area contributed by atoms with Crippen LogP contribution in [0.4, 0.5) is 4.39 Å². The Hall–Kier alpha value is -1.56. The maximum Gasteiger partial charge on any atom is 0.132 e. The van der Waals surface area contributed by atoms with Crippen LogP contribution in [-0.4, -0.2) is 37.9 Å². The minimum Gasteiger partial charge on any atom is -0.496 e. The van der Waals surface area contributed by atoms with Gasteiger partial charge < -0.3 is 10.1 Å². The first-order valence-electron chi connectivity index (χ1n) is 8.12. The number of halogens is 1. The van der Waals surface area contributed by atoms with E-state index in [1.807, 2.05) is 12.3 Å². The van der Waals surface area contributed by atoms with Gasteiger partial charge in [0.05, 0.1) is 7.11 Å². The molecule has 3 rings (SSSR count). The smallest absolute Gasteiger partial charge is 0.132 e. The summed E-state index contributed by atoms with van der Waals surface area (Å²) >= 11 is 1.68. The van der Waals surface area contributed by atoms with Crippen molar-refractivity contribution in [3.05, 3.63) is 59.4 Å². The molecule has 24 heavy (non-hydrogen) atoms. The van der Waals surface area contributed by atoms with Crippen molar-refractivity contribution in [3.8, 4) is 5.75 Å². The van der Waals surface area contributed by atoms with Gasteiger partial charge in [0, 0.05) is 37.1 Å². The van der Waals surface area contributed by atoms with Gasteiger partial charge in [-0.25, -0.2) is 4.39 Å². The van der Waals surface area contributed by atoms with Gasteiger partial charge in [0.2, 0.25) is 0 Å². The molecule has 0 bridgehead atoms. The normalized spacial score (nSPS) is 18.5. The molecule has 0 amide bonds. The number of nitrogens with zero attached hydrogens (tertiary/aromatic N) is 1. The minimum atomic E-state index is -0.177. The average Bonchev–Trinajstić information content (AvgIpc) is 2.62. The third kappa shape index (κ3) is 3.91. The van der Waals surface area contributed by atoms with Crippen LogP contribution in [-0.2, 0) is 6.54 Å². The monoisotopic (exact) mass is 346 g/mol. The Bertz CT molecular complexity index is 695. The molecule has 0 radical (unpaired) electrons. The predicted molar refractivity (Wildman–Crippen MR) is 97.2 cm³/mol. The molecule has 0 saturated carbocycles. The Balaban J connectivity index is 1.81. The molecule has 1 atom stereocenters. The molecule has 5 heteroatoms. The second-order valence-corrected chi connectivity index (χ2v) is 6.78. The van der Waals surface area contributed by atoms with Crippen molar-refractivity contribution in [2.24, 2.45) is 0 Å². The van der Waals surface area contributed by atoms with Gasteiger partial charge in [-0.1, -0.05) is 18.2 Å². The van der Waals surface area contributed by atoms with Crippen molar-refractivity contribution >= 4 is 11.8 Å². The summed E-state index contributed by atoms with van der Waals surface area (Å²) in [6.07, 6.45) is 2.05. The summed E-state index contributed by atoms with van der Waals surface area (Å²) in [6, 6.07) is 13.5. The van der Waals surface area contributed by atoms with E-state index in [4.69, 9.17) is 4.74 Å². The molecule has 1 heterocycles. The second-order valence-electron chi connectivity index (χ2n) is 5.93. The number of rotatable bonds is 5. The minimum absolute atomic E-state index is 0.177. The van der Waals surface area contributed by atoms with Gasteiger partial charge in [0.1, 0.15) is 11.6 Å². The lowest BCUT2D eigenvalue weighted by Crippen LogP contribution is -2.45. The van der Waals surface area contributed by atoms with E-state index in [1.165, 1.54) is 11.6 Å². The third-order valence-corrected chi connectivity index (χ3v) is 5.20. The van der Waals surface area contributed by atoms with Crippen molar-refractivity contribution in [3.63, 3.8) is 0 Å². The predicted octanol–water partition coefficient (Wildman–Crippen LogP) is 3.70. The number of thioether (sulfide) groups is 1. The fourth-order valence-electron chi connectivity index (χ4n) is 3.19. The number of nitrogens with one attached hydrogen (secondary N) is 1. The van der Waals surface area contributed by atoms with Crippen LogP contribution in [0.1, 0.15) is 17.2 Å². The van der Waals surface area contributed by atoms with Crippen molar-refractivity contribution in [2.75, 3.05) is 33.0 Å². The molecular formula is C19H23FN2OS. The van der Waals surface area contributed by atoms with E-state index in [2.05, 4.69) is 28.4 Å². The number of methoxy groups -OCH3 is 1. The largest absolute Gasteiger partial charge is 0.496 e. The molecule has 1 N–H and O–H groups in total. The van der Waals surface area contributed by atoms with Crippen LogP contribution in [0.5, 0.6) is 5.75 Å². The quantitative estimate of drug-likeness (QED) is 0.835. The SMILES string of the molecule is COc1cc(CN2CCNCC2c2cccc(F)c2)ccc1SC. The number of benzene rings is 2. The Labute approximate surface area is 147 Å². The molecule has 2 aromatic rings. The zero-order chi connectivity index (χ0) is 16.9. The molecule has 1 saturated heterocycles. The average molecular weight is 346 g/mol. The number of piperazine rings is 1. The lowest BCUT2D eigenvalue weighted by atomic mass is 10.0. The first-order valence-corrected chi connectivity index (χ1v) is 9.35. The fraction of sp³-hybridized carbons (Fsp3) is 0.368. The molecule has 128 valence electrons. The van der Waals surface area contributed by atoms with E-state index in [9.17, 15) is 4.39 Å². The highest BCUT2D eigenvalue weighted by atomic mass is 32.2. The summed E-state index contributed by atoms with van der Waals surface area (Å²) in [5, 5.41) is 3.42. The van der Waals surface area contributed by atoms with Crippen LogP contribution in [0.25, 0.3) is 0 Å². The number of hydrogen-bond acceptors (Lipinski definition) is 4. The molecule has 1 aliphatic rings. The van der Waals surface area contributed by atoms with Crippen LogP contribution in [0.3, 0.4) is 0 Å². The topological polar surface area (TPSA) is 24.5 Å². The zero-order valence-electron chi connectivity index (χ0n) is 14.1. The maximum atomic E-state index is 13.6. The summed E-state index contributed by atoms with van der Waals surface area (Å²) in [4.78, 5) is 3.54. The van der Waals surface area contributed by atoms with E-state index >= 15 is 0 Å². The van der Waals surface area contributed by atoms with Crippen molar-refractivity contribution < 1.29 is 9.13 Å². The van der Waals surface area contributed by atoms with Gasteiger partial charge in [-0.3, -0.25) is 4.90 Å². The highest BCUT2D eigenvalue weighted by Crippen LogP contribution is 2.30. The number of ether oxygens (including phenoxy) is 1. The lowest BCUT2D eigenvalue weighted by Gasteiger charge is -2.36. The molecule has 0 aromatic heterocycles. The first kappa shape index (κ1) is 17.3. The summed E-state index contributed by atoms with van der Waals surface area (Å²) in [5.41, 5.74) is 2.24. The Kier molecular flexibility index (Phi) is 5.76. The van der Waals surface area contributed by atoms with Gasteiger partial charge in [0.15, 0.2) is 0 Å². The zero-order valence-corrected chi connectivity index (χ0v) is 14.9. The van der Waals surface area contributed by atoms with Gasteiger partial charge in [-0.05, 0) is 41.6 Å². The van der Waals surface area contributed by atoms with Gasteiger partial charge in [0.25, 0.3) is 0 Å². The Morgan fingerprint density at radius 2 is 2.17 bits per heavy atom. The maximum absolute atomic E-state index is 13.6. The summed E-state index contributed by atoms with van der Waals surface area (Å²) in [5.74, 6) is 0.737. The van der Waals surface area contributed by atoms with E-state index in [1.54, 1.807) is 31.0 Å². The summed E-state index contributed by atoms with van der Waals surface area (Å²) in [6.45, 7) is 3.55. The van der Waals surface area contributed by atoms with Crippen LogP contribution in [0, 0.1) is 5.82 Å². The number of hydrogen-bond donors (Lipinski definition) is 1. The van der Waals surface area contributed by atoms with Crippen molar-refractivity contribution in [2.45, 2.75) is 17.5 Å². The molecule has 1 aliphatic heterocycles. The molecular weight excluding hydrogens is 323 g/mol. The van der Waals surface area contributed by atoms with Crippen molar-refractivity contribution in [1.82, 2.24) is 10.2 Å². The van der Waals surface area contributed by atoms with E-state index < -0.39 is 0 Å². The van der Waals surface area contributed by atoms with E-state index in [-0.39, 0.29) is 11.9 Å². The highest BCUT2D eigenvalue weighted by Gasteiger charge is 2.24. The molecule has 1 fully saturated rings. The van der Waals surface area contributed by atoms with Gasteiger partial charge in [-0.2, -0.15) is 0 Å². The van der Waals surface area contributed by atoms with Crippen LogP contribution in [0.2, 0.25) is 0 Å².